The lowest BCUT2D eigenvalue weighted by molar-refractivity contribution is -0.394. The standard InChI is InChI=1S/C27H23N5O7/c1-2-38-26-14-18(10-12-25(26)39-24-13-11-20(31(34)35)15-23(24)32(36)37)16-29-30-27(33)17-28-22-9-5-7-19-6-3-4-8-21(19)22/h3-16,28H,2,17H2,1H3,(H,30,33)/b29-16-. The molecule has 4 aromatic rings. The van der Waals surface area contributed by atoms with Crippen LogP contribution >= 0.6 is 0 Å². The summed E-state index contributed by atoms with van der Waals surface area (Å²) < 4.78 is 11.3. The summed E-state index contributed by atoms with van der Waals surface area (Å²) in [5, 5.41) is 31.6. The molecule has 1 amide bonds. The van der Waals surface area contributed by atoms with E-state index in [1.165, 1.54) is 12.3 Å². The third kappa shape index (κ3) is 6.63. The second kappa shape index (κ2) is 12.1. The number of anilines is 1. The van der Waals surface area contributed by atoms with E-state index in [4.69, 9.17) is 9.47 Å². The molecule has 0 aliphatic rings. The van der Waals surface area contributed by atoms with Crippen LogP contribution in [0.3, 0.4) is 0 Å². The quantitative estimate of drug-likeness (QED) is 0.148. The zero-order chi connectivity index (χ0) is 27.8. The predicted molar refractivity (Wildman–Crippen MR) is 146 cm³/mol. The number of carbonyl (C=O) groups is 1. The second-order valence-corrected chi connectivity index (χ2v) is 8.08. The summed E-state index contributed by atoms with van der Waals surface area (Å²) in [5.41, 5.74) is 2.86. The van der Waals surface area contributed by atoms with E-state index in [0.29, 0.717) is 5.56 Å². The Hall–Kier alpha value is -5.52. The van der Waals surface area contributed by atoms with E-state index in [0.717, 1.165) is 34.7 Å². The van der Waals surface area contributed by atoms with Gasteiger partial charge in [-0.25, -0.2) is 5.43 Å². The molecule has 0 saturated heterocycles. The number of amides is 1. The van der Waals surface area contributed by atoms with Gasteiger partial charge in [-0.1, -0.05) is 36.4 Å². The molecule has 2 N–H and O–H groups in total. The largest absolute Gasteiger partial charge is 0.490 e. The Bertz CT molecular complexity index is 1570. The predicted octanol–water partition coefficient (Wildman–Crippen LogP) is 5.41. The van der Waals surface area contributed by atoms with Crippen LogP contribution in [0.5, 0.6) is 17.2 Å². The molecule has 198 valence electrons. The summed E-state index contributed by atoms with van der Waals surface area (Å²) in [6.45, 7) is 2.04. The van der Waals surface area contributed by atoms with Gasteiger partial charge in [0.1, 0.15) is 0 Å². The molecule has 0 aromatic heterocycles. The zero-order valence-electron chi connectivity index (χ0n) is 20.7. The van der Waals surface area contributed by atoms with Gasteiger partial charge in [-0.2, -0.15) is 5.10 Å². The number of hydrazone groups is 1. The molecule has 0 saturated carbocycles. The maximum absolute atomic E-state index is 12.3. The normalized spacial score (nSPS) is 10.8. The molecule has 0 unspecified atom stereocenters. The first-order valence-electron chi connectivity index (χ1n) is 11.8. The van der Waals surface area contributed by atoms with E-state index in [-0.39, 0.29) is 36.3 Å². The van der Waals surface area contributed by atoms with Crippen molar-refractivity contribution >= 4 is 40.0 Å². The minimum Gasteiger partial charge on any atom is -0.490 e. The van der Waals surface area contributed by atoms with E-state index in [2.05, 4.69) is 15.8 Å². The summed E-state index contributed by atoms with van der Waals surface area (Å²) in [6, 6.07) is 21.4. The molecule has 0 aliphatic heterocycles. The number of fused-ring (bicyclic) bond motifs is 1. The fourth-order valence-corrected chi connectivity index (χ4v) is 3.70. The SMILES string of the molecule is CCOc1cc(/C=N\NC(=O)CNc2cccc3ccccc23)ccc1Oc1ccc([N+](=O)[O-])cc1[N+](=O)[O-]. The van der Waals surface area contributed by atoms with Crippen LogP contribution in [0.2, 0.25) is 0 Å². The first-order chi connectivity index (χ1) is 18.9. The monoisotopic (exact) mass is 529 g/mol. The average molecular weight is 530 g/mol. The Morgan fingerprint density at radius 2 is 1.69 bits per heavy atom. The fraction of sp³-hybridized carbons (Fsp3) is 0.111. The molecule has 0 aliphatic carbocycles. The number of hydrogen-bond acceptors (Lipinski definition) is 9. The number of ether oxygens (including phenoxy) is 2. The highest BCUT2D eigenvalue weighted by atomic mass is 16.6. The van der Waals surface area contributed by atoms with Crippen LogP contribution < -0.4 is 20.2 Å². The molecule has 0 atom stereocenters. The van der Waals surface area contributed by atoms with Gasteiger partial charge in [0.25, 0.3) is 11.6 Å². The van der Waals surface area contributed by atoms with Crippen LogP contribution in [0, 0.1) is 20.2 Å². The van der Waals surface area contributed by atoms with E-state index < -0.39 is 21.2 Å². The molecule has 0 fully saturated rings. The number of nitrogens with zero attached hydrogens (tertiary/aromatic N) is 3. The molecule has 0 heterocycles. The van der Waals surface area contributed by atoms with Gasteiger partial charge in [-0.15, -0.1) is 0 Å². The Morgan fingerprint density at radius 3 is 2.46 bits per heavy atom. The molecule has 4 rings (SSSR count). The van der Waals surface area contributed by atoms with Gasteiger partial charge in [-0.05, 0) is 48.2 Å². The molecule has 0 bridgehead atoms. The number of carbonyl (C=O) groups excluding carboxylic acids is 1. The summed E-state index contributed by atoms with van der Waals surface area (Å²) in [5.74, 6) is -0.110. The van der Waals surface area contributed by atoms with Crippen molar-refractivity contribution in [2.75, 3.05) is 18.5 Å². The molecule has 12 nitrogen and oxygen atoms in total. The van der Waals surface area contributed by atoms with E-state index in [9.17, 15) is 25.0 Å². The van der Waals surface area contributed by atoms with Crippen LogP contribution in [-0.2, 0) is 4.79 Å². The third-order valence-electron chi connectivity index (χ3n) is 5.47. The van der Waals surface area contributed by atoms with Gasteiger partial charge in [0.2, 0.25) is 5.75 Å². The van der Waals surface area contributed by atoms with Gasteiger partial charge in [0.05, 0.1) is 35.3 Å². The van der Waals surface area contributed by atoms with E-state index >= 15 is 0 Å². The minimum atomic E-state index is -0.762. The van der Waals surface area contributed by atoms with Gasteiger partial charge in [0.15, 0.2) is 11.5 Å². The lowest BCUT2D eigenvalue weighted by atomic mass is 10.1. The fourth-order valence-electron chi connectivity index (χ4n) is 3.70. The van der Waals surface area contributed by atoms with E-state index in [1.807, 2.05) is 42.5 Å². The molecular formula is C27H23N5O7. The Kier molecular flexibility index (Phi) is 8.27. The van der Waals surface area contributed by atoms with Gasteiger partial charge >= 0.3 is 5.69 Å². The van der Waals surface area contributed by atoms with Crippen molar-refractivity contribution in [2.24, 2.45) is 5.10 Å². The second-order valence-electron chi connectivity index (χ2n) is 8.08. The van der Waals surface area contributed by atoms with Crippen LogP contribution in [-0.4, -0.2) is 35.1 Å². The van der Waals surface area contributed by atoms with Crippen molar-refractivity contribution in [2.45, 2.75) is 6.92 Å². The Labute approximate surface area is 222 Å². The molecule has 39 heavy (non-hydrogen) atoms. The van der Waals surface area contributed by atoms with Crippen LogP contribution in [0.25, 0.3) is 10.8 Å². The number of nitro benzene ring substituents is 2. The maximum atomic E-state index is 12.3. The zero-order valence-corrected chi connectivity index (χ0v) is 20.7. The Morgan fingerprint density at radius 1 is 0.923 bits per heavy atom. The lowest BCUT2D eigenvalue weighted by Crippen LogP contribution is -2.25. The molecular weight excluding hydrogens is 506 g/mol. The van der Waals surface area contributed by atoms with E-state index in [1.54, 1.807) is 19.1 Å². The molecule has 12 heteroatoms. The smallest absolute Gasteiger partial charge is 0.318 e. The van der Waals surface area contributed by atoms with Crippen molar-refractivity contribution in [3.63, 3.8) is 0 Å². The minimum absolute atomic E-state index is 0.0103. The summed E-state index contributed by atoms with van der Waals surface area (Å²) >= 11 is 0. The Balaban J connectivity index is 1.42. The first kappa shape index (κ1) is 26.5. The molecule has 4 aromatic carbocycles. The van der Waals surface area contributed by atoms with Gasteiger partial charge in [-0.3, -0.25) is 25.0 Å². The number of nitrogens with one attached hydrogen (secondary N) is 2. The third-order valence-corrected chi connectivity index (χ3v) is 5.47. The van der Waals surface area contributed by atoms with Crippen LogP contribution in [0.4, 0.5) is 17.1 Å². The maximum Gasteiger partial charge on any atom is 0.318 e. The molecule has 0 radical (unpaired) electrons. The van der Waals surface area contributed by atoms with Crippen molar-refractivity contribution in [1.82, 2.24) is 5.43 Å². The highest BCUT2D eigenvalue weighted by Gasteiger charge is 2.22. The van der Waals surface area contributed by atoms with Crippen molar-refractivity contribution < 1.29 is 24.1 Å². The summed E-state index contributed by atoms with van der Waals surface area (Å²) in [7, 11) is 0. The number of nitro groups is 2. The van der Waals surface area contributed by atoms with Gasteiger partial charge < -0.3 is 14.8 Å². The average Bonchev–Trinajstić information content (AvgIpc) is 2.93. The van der Waals surface area contributed by atoms with Crippen molar-refractivity contribution in [1.29, 1.82) is 0 Å². The lowest BCUT2D eigenvalue weighted by Gasteiger charge is -2.12. The summed E-state index contributed by atoms with van der Waals surface area (Å²) in [4.78, 5) is 33.2. The first-order valence-corrected chi connectivity index (χ1v) is 11.8. The number of hydrogen-bond donors (Lipinski definition) is 2. The van der Waals surface area contributed by atoms with Crippen LogP contribution in [0.1, 0.15) is 12.5 Å². The topological polar surface area (TPSA) is 158 Å². The number of benzene rings is 4. The number of non-ortho nitro benzene ring substituents is 1. The highest BCUT2D eigenvalue weighted by molar-refractivity contribution is 5.95. The highest BCUT2D eigenvalue weighted by Crippen LogP contribution is 2.38. The van der Waals surface area contributed by atoms with Crippen molar-refractivity contribution in [3.8, 4) is 17.2 Å². The number of rotatable bonds is 11. The van der Waals surface area contributed by atoms with Crippen molar-refractivity contribution in [3.05, 3.63) is 105 Å². The van der Waals surface area contributed by atoms with Gasteiger partial charge in [0, 0.05) is 17.1 Å². The summed E-state index contributed by atoms with van der Waals surface area (Å²) in [6.07, 6.45) is 1.41. The van der Waals surface area contributed by atoms with Crippen LogP contribution in [0.15, 0.2) is 84.0 Å². The molecule has 0 spiro atoms.